The van der Waals surface area contributed by atoms with Crippen molar-refractivity contribution in [3.63, 3.8) is 0 Å². The Balaban J connectivity index is 2.23. The summed E-state index contributed by atoms with van der Waals surface area (Å²) in [5, 5.41) is 0. The van der Waals surface area contributed by atoms with Crippen LogP contribution in [0.5, 0.6) is 5.75 Å². The van der Waals surface area contributed by atoms with Gasteiger partial charge in [-0.05, 0) is 40.2 Å². The van der Waals surface area contributed by atoms with Gasteiger partial charge in [-0.25, -0.2) is 0 Å². The van der Waals surface area contributed by atoms with Crippen LogP contribution in [0.3, 0.4) is 0 Å². The van der Waals surface area contributed by atoms with Crippen molar-refractivity contribution in [3.05, 3.63) is 29.8 Å². The second kappa shape index (κ2) is 5.38. The third-order valence-corrected chi connectivity index (χ3v) is 4.02. The molecule has 1 fully saturated rings. The van der Waals surface area contributed by atoms with Crippen LogP contribution in [0, 0.1) is 0 Å². The molecule has 0 aliphatic carbocycles. The fraction of sp³-hybridized carbons (Fsp3) is 0.647. The molecule has 0 amide bonds. The average Bonchev–Trinajstić information content (AvgIpc) is 2.57. The highest BCUT2D eigenvalue weighted by Crippen LogP contribution is 2.40. The van der Waals surface area contributed by atoms with E-state index in [0.29, 0.717) is 0 Å². The maximum absolute atomic E-state index is 6.28. The van der Waals surface area contributed by atoms with Gasteiger partial charge >= 0.3 is 0 Å². The van der Waals surface area contributed by atoms with Crippen LogP contribution in [0.15, 0.2) is 24.3 Å². The predicted molar refractivity (Wildman–Crippen MR) is 81.9 cm³/mol. The normalized spacial score (nSPS) is 25.4. The van der Waals surface area contributed by atoms with Crippen molar-refractivity contribution in [2.75, 3.05) is 0 Å². The van der Waals surface area contributed by atoms with Crippen molar-refractivity contribution < 1.29 is 9.47 Å². The van der Waals surface area contributed by atoms with Gasteiger partial charge in [-0.2, -0.15) is 0 Å². The number of ether oxygens (including phenoxy) is 2. The van der Waals surface area contributed by atoms with Crippen molar-refractivity contribution in [3.8, 4) is 5.75 Å². The zero-order chi connectivity index (χ0) is 15.0. The second-order valence-electron chi connectivity index (χ2n) is 6.83. The van der Waals surface area contributed by atoms with E-state index in [1.807, 2.05) is 18.2 Å². The first-order valence-electron chi connectivity index (χ1n) is 7.46. The molecule has 20 heavy (non-hydrogen) atoms. The molecular weight excluding hydrogens is 250 g/mol. The molecule has 2 rings (SSSR count). The SMILES string of the molecule is CCC(N)c1ccccc1OC1CC(C)(C)OC1(C)C. The Labute approximate surface area is 122 Å². The summed E-state index contributed by atoms with van der Waals surface area (Å²) < 4.78 is 12.4. The van der Waals surface area contributed by atoms with Crippen LogP contribution in [0.25, 0.3) is 0 Å². The Morgan fingerprint density at radius 2 is 1.95 bits per heavy atom. The molecule has 3 nitrogen and oxygen atoms in total. The quantitative estimate of drug-likeness (QED) is 0.910. The van der Waals surface area contributed by atoms with E-state index in [0.717, 1.165) is 24.2 Å². The summed E-state index contributed by atoms with van der Waals surface area (Å²) in [4.78, 5) is 0. The standard InChI is InChI=1S/C17H27NO2/c1-6-13(18)12-9-7-8-10-14(12)19-15-11-16(2,3)20-17(15,4)5/h7-10,13,15H,6,11,18H2,1-5H3. The van der Waals surface area contributed by atoms with Gasteiger partial charge < -0.3 is 15.2 Å². The highest BCUT2D eigenvalue weighted by Gasteiger charge is 2.47. The minimum Gasteiger partial charge on any atom is -0.487 e. The maximum Gasteiger partial charge on any atom is 0.130 e. The molecule has 0 saturated carbocycles. The summed E-state index contributed by atoms with van der Waals surface area (Å²) in [6, 6.07) is 8.08. The van der Waals surface area contributed by atoms with E-state index in [1.165, 1.54) is 0 Å². The van der Waals surface area contributed by atoms with E-state index in [4.69, 9.17) is 15.2 Å². The van der Waals surface area contributed by atoms with E-state index in [-0.39, 0.29) is 23.3 Å². The lowest BCUT2D eigenvalue weighted by Gasteiger charge is -2.28. The fourth-order valence-corrected chi connectivity index (χ4v) is 2.96. The van der Waals surface area contributed by atoms with E-state index in [1.54, 1.807) is 0 Å². The molecule has 2 unspecified atom stereocenters. The lowest BCUT2D eigenvalue weighted by molar-refractivity contribution is -0.0847. The van der Waals surface area contributed by atoms with Crippen LogP contribution in [0.1, 0.15) is 59.1 Å². The van der Waals surface area contributed by atoms with Gasteiger partial charge in [-0.1, -0.05) is 25.1 Å². The zero-order valence-electron chi connectivity index (χ0n) is 13.3. The average molecular weight is 277 g/mol. The number of rotatable bonds is 4. The van der Waals surface area contributed by atoms with Gasteiger partial charge in [0.1, 0.15) is 17.5 Å². The molecular formula is C17H27NO2. The molecule has 1 aliphatic rings. The molecule has 3 heteroatoms. The van der Waals surface area contributed by atoms with Gasteiger partial charge in [-0.3, -0.25) is 0 Å². The highest BCUT2D eigenvalue weighted by atomic mass is 16.6. The second-order valence-corrected chi connectivity index (χ2v) is 6.83. The molecule has 1 heterocycles. The summed E-state index contributed by atoms with van der Waals surface area (Å²) >= 11 is 0. The number of nitrogens with two attached hydrogens (primary N) is 1. The van der Waals surface area contributed by atoms with E-state index in [2.05, 4.69) is 40.7 Å². The third-order valence-electron chi connectivity index (χ3n) is 4.02. The van der Waals surface area contributed by atoms with Crippen LogP contribution in [0.2, 0.25) is 0 Å². The Morgan fingerprint density at radius 3 is 2.50 bits per heavy atom. The summed E-state index contributed by atoms with van der Waals surface area (Å²) in [7, 11) is 0. The van der Waals surface area contributed by atoms with Gasteiger partial charge in [0.15, 0.2) is 0 Å². The summed E-state index contributed by atoms with van der Waals surface area (Å²) in [6.45, 7) is 10.5. The first kappa shape index (κ1) is 15.3. The van der Waals surface area contributed by atoms with Gasteiger partial charge in [0.25, 0.3) is 0 Å². The Bertz CT molecular complexity index is 468. The van der Waals surface area contributed by atoms with Gasteiger partial charge in [0.05, 0.1) is 5.60 Å². The number of hydrogen-bond donors (Lipinski definition) is 1. The topological polar surface area (TPSA) is 44.5 Å². The van der Waals surface area contributed by atoms with Crippen molar-refractivity contribution in [1.82, 2.24) is 0 Å². The molecule has 0 bridgehead atoms. The highest BCUT2D eigenvalue weighted by molar-refractivity contribution is 5.36. The smallest absolute Gasteiger partial charge is 0.130 e. The Morgan fingerprint density at radius 1 is 1.30 bits per heavy atom. The van der Waals surface area contributed by atoms with Crippen molar-refractivity contribution >= 4 is 0 Å². The largest absolute Gasteiger partial charge is 0.487 e. The number of para-hydroxylation sites is 1. The lowest BCUT2D eigenvalue weighted by Crippen LogP contribution is -2.37. The molecule has 0 radical (unpaired) electrons. The van der Waals surface area contributed by atoms with Crippen LogP contribution in [0.4, 0.5) is 0 Å². The van der Waals surface area contributed by atoms with E-state index in [9.17, 15) is 0 Å². The molecule has 0 aromatic heterocycles. The van der Waals surface area contributed by atoms with Gasteiger partial charge in [0, 0.05) is 18.0 Å². The molecule has 1 aliphatic heterocycles. The lowest BCUT2D eigenvalue weighted by atomic mass is 9.96. The molecule has 2 N–H and O–H groups in total. The molecule has 1 aromatic rings. The molecule has 112 valence electrons. The third kappa shape index (κ3) is 3.15. The summed E-state index contributed by atoms with van der Waals surface area (Å²) in [5.74, 6) is 0.890. The number of hydrogen-bond acceptors (Lipinski definition) is 3. The maximum atomic E-state index is 6.28. The molecule has 1 aromatic carbocycles. The van der Waals surface area contributed by atoms with Crippen molar-refractivity contribution in [1.29, 1.82) is 0 Å². The van der Waals surface area contributed by atoms with Crippen molar-refractivity contribution in [2.24, 2.45) is 5.73 Å². The molecule has 2 atom stereocenters. The monoisotopic (exact) mass is 277 g/mol. The van der Waals surface area contributed by atoms with Crippen molar-refractivity contribution in [2.45, 2.75) is 70.8 Å². The minimum atomic E-state index is -0.285. The first-order valence-corrected chi connectivity index (χ1v) is 7.46. The Kier molecular flexibility index (Phi) is 4.12. The number of benzene rings is 1. The minimum absolute atomic E-state index is 0.0182. The molecule has 0 spiro atoms. The molecule has 1 saturated heterocycles. The van der Waals surface area contributed by atoms with Gasteiger partial charge in [0.2, 0.25) is 0 Å². The van der Waals surface area contributed by atoms with Crippen LogP contribution >= 0.6 is 0 Å². The predicted octanol–water partition coefficient (Wildman–Crippen LogP) is 3.82. The first-order chi connectivity index (χ1) is 9.25. The fourth-order valence-electron chi connectivity index (χ4n) is 2.96. The summed E-state index contributed by atoms with van der Waals surface area (Å²) in [6.07, 6.45) is 1.83. The van der Waals surface area contributed by atoms with E-state index < -0.39 is 0 Å². The van der Waals surface area contributed by atoms with Gasteiger partial charge in [-0.15, -0.1) is 0 Å². The van der Waals surface area contributed by atoms with Crippen LogP contribution < -0.4 is 10.5 Å². The van der Waals surface area contributed by atoms with Crippen LogP contribution in [-0.4, -0.2) is 17.3 Å². The van der Waals surface area contributed by atoms with E-state index >= 15 is 0 Å². The zero-order valence-corrected chi connectivity index (χ0v) is 13.3. The summed E-state index contributed by atoms with van der Waals surface area (Å²) in [5.41, 5.74) is 6.83. The Hall–Kier alpha value is -1.06. The van der Waals surface area contributed by atoms with Crippen LogP contribution in [-0.2, 0) is 4.74 Å².